The minimum absolute atomic E-state index is 0.0353. The molecule has 0 rings (SSSR count). The van der Waals surface area contributed by atoms with Crippen molar-refractivity contribution < 1.29 is 42.1 Å². The number of phosphoric ester groups is 1. The second-order valence-corrected chi connectivity index (χ2v) is 25.9. The first kappa shape index (κ1) is 80.9. The molecule has 0 heterocycles. The second-order valence-electron chi connectivity index (χ2n) is 24.5. The summed E-state index contributed by atoms with van der Waals surface area (Å²) in [6, 6.07) is 0. The maximum absolute atomic E-state index is 12.9. The summed E-state index contributed by atoms with van der Waals surface area (Å²) in [5.41, 5.74) is 0. The van der Waals surface area contributed by atoms with Crippen molar-refractivity contribution in [3.8, 4) is 0 Å². The Kier molecular flexibility index (Phi) is 62.1. The van der Waals surface area contributed by atoms with Crippen molar-refractivity contribution in [2.75, 3.05) is 47.5 Å². The molecular weight excluding hydrogens is 1060 g/mol. The summed E-state index contributed by atoms with van der Waals surface area (Å²) in [6.45, 7) is 4.15. The van der Waals surface area contributed by atoms with Crippen molar-refractivity contribution in [1.29, 1.82) is 0 Å². The summed E-state index contributed by atoms with van der Waals surface area (Å²) in [5, 5.41) is 0. The monoisotopic (exact) mass is 1190 g/mol. The second kappa shape index (κ2) is 64.4. The number of carbonyl (C=O) groups is 2. The van der Waals surface area contributed by atoms with E-state index in [9.17, 15) is 19.0 Å². The molecule has 0 saturated carbocycles. The van der Waals surface area contributed by atoms with Crippen LogP contribution in [0.5, 0.6) is 0 Å². The maximum atomic E-state index is 12.9. The summed E-state index contributed by atoms with van der Waals surface area (Å²) in [5.74, 6) is -0.835. The van der Waals surface area contributed by atoms with Gasteiger partial charge in [-0.1, -0.05) is 317 Å². The van der Waals surface area contributed by atoms with E-state index in [1.165, 1.54) is 180 Å². The first-order valence-corrected chi connectivity index (χ1v) is 36.4. The Labute approximate surface area is 519 Å². The van der Waals surface area contributed by atoms with Crippen LogP contribution in [0.15, 0.2) is 97.2 Å². The Morgan fingerprint density at radius 3 is 1.01 bits per heavy atom. The third-order valence-corrected chi connectivity index (χ3v) is 16.1. The highest BCUT2D eigenvalue weighted by atomic mass is 31.2. The van der Waals surface area contributed by atoms with E-state index in [4.69, 9.17) is 18.5 Å². The molecule has 0 aliphatic rings. The van der Waals surface area contributed by atoms with Gasteiger partial charge in [0.05, 0.1) is 27.7 Å². The van der Waals surface area contributed by atoms with Crippen LogP contribution < -0.4 is 4.89 Å². The molecule has 486 valence electrons. The lowest BCUT2D eigenvalue weighted by Crippen LogP contribution is -2.37. The lowest BCUT2D eigenvalue weighted by molar-refractivity contribution is -0.870. The van der Waals surface area contributed by atoms with Crippen molar-refractivity contribution in [1.82, 2.24) is 0 Å². The van der Waals surface area contributed by atoms with Gasteiger partial charge in [-0.05, 0) is 77.0 Å². The van der Waals surface area contributed by atoms with E-state index in [1.807, 2.05) is 21.1 Å². The van der Waals surface area contributed by atoms with Gasteiger partial charge in [0.1, 0.15) is 19.8 Å². The molecule has 0 bridgehead atoms. The molecule has 0 aromatic rings. The summed E-state index contributed by atoms with van der Waals surface area (Å²) in [4.78, 5) is 38.1. The molecule has 10 heteroatoms. The van der Waals surface area contributed by atoms with Crippen LogP contribution in [-0.2, 0) is 32.7 Å². The molecule has 0 aromatic carbocycles. The van der Waals surface area contributed by atoms with Gasteiger partial charge in [-0.25, -0.2) is 0 Å². The fourth-order valence-corrected chi connectivity index (χ4v) is 10.5. The zero-order chi connectivity index (χ0) is 61.2. The predicted octanol–water partition coefficient (Wildman–Crippen LogP) is 22.1. The SMILES string of the molecule is CC/C=C\C/C=C\C/C=C\C/C=C\C/C=C\C/C=C\C/C=C\C/C=C\CCCCCCCCCCC(=O)OC(COC(=O)CCCCCCCCCCCCCCCCCCCCCCCCCCCCC)COP(=O)([O-])OCC[N+](C)(C)C. The molecule has 0 saturated heterocycles. The standard InChI is InChI=1S/C74H132NO8P/c1-6-8-10-12-14-16-18-20-22-24-26-28-30-32-34-35-36-37-38-39-41-43-45-47-49-51-53-55-57-59-61-63-65-67-74(77)83-72(71-82-84(78,79)81-69-68-75(3,4)5)70-80-73(76)66-64-62-60-58-56-54-52-50-48-46-44-42-40-33-31-29-27-25-23-21-19-17-15-13-11-9-7-2/h8,10,14,16,20,22,26,28,32,34,36-37,39,41,45,47,72H,6-7,9,11-13,15,17-19,21,23-25,27,29-31,33,35,38,40,42-44,46,48-71H2,1-5H3/b10-8-,16-14-,22-20-,28-26-,34-32-,37-36-,41-39-,47-45-. The zero-order valence-corrected chi connectivity index (χ0v) is 56.2. The van der Waals surface area contributed by atoms with Crippen LogP contribution in [-0.4, -0.2) is 70.0 Å². The highest BCUT2D eigenvalue weighted by molar-refractivity contribution is 7.45. The van der Waals surface area contributed by atoms with Crippen molar-refractivity contribution >= 4 is 19.8 Å². The van der Waals surface area contributed by atoms with E-state index in [0.29, 0.717) is 17.4 Å². The van der Waals surface area contributed by atoms with Crippen LogP contribution >= 0.6 is 7.82 Å². The van der Waals surface area contributed by atoms with Gasteiger partial charge >= 0.3 is 11.9 Å². The number of rotatable bonds is 64. The Morgan fingerprint density at radius 1 is 0.381 bits per heavy atom. The normalized spacial score (nSPS) is 13.7. The van der Waals surface area contributed by atoms with Crippen molar-refractivity contribution in [2.24, 2.45) is 0 Å². The van der Waals surface area contributed by atoms with Crippen molar-refractivity contribution in [3.63, 3.8) is 0 Å². The van der Waals surface area contributed by atoms with Gasteiger partial charge < -0.3 is 27.9 Å². The molecule has 0 N–H and O–H groups in total. The van der Waals surface area contributed by atoms with Crippen LogP contribution in [0, 0.1) is 0 Å². The molecule has 0 amide bonds. The van der Waals surface area contributed by atoms with Crippen LogP contribution in [0.25, 0.3) is 0 Å². The predicted molar refractivity (Wildman–Crippen MR) is 360 cm³/mol. The largest absolute Gasteiger partial charge is 0.756 e. The van der Waals surface area contributed by atoms with Gasteiger partial charge in [0, 0.05) is 12.8 Å². The first-order valence-electron chi connectivity index (χ1n) is 34.9. The molecule has 0 fully saturated rings. The molecule has 0 aliphatic carbocycles. The molecule has 0 aromatic heterocycles. The minimum atomic E-state index is -4.65. The topological polar surface area (TPSA) is 111 Å². The molecule has 84 heavy (non-hydrogen) atoms. The number of hydrogen-bond acceptors (Lipinski definition) is 8. The quantitative estimate of drug-likeness (QED) is 0.0195. The summed E-state index contributed by atoms with van der Waals surface area (Å²) in [6.07, 6.45) is 89.1. The van der Waals surface area contributed by atoms with Crippen LogP contribution in [0.3, 0.4) is 0 Å². The summed E-state index contributed by atoms with van der Waals surface area (Å²) >= 11 is 0. The minimum Gasteiger partial charge on any atom is -0.756 e. The fraction of sp³-hybridized carbons (Fsp3) is 0.757. The number of nitrogens with zero attached hydrogens (tertiary/aromatic N) is 1. The van der Waals surface area contributed by atoms with Gasteiger partial charge in [-0.15, -0.1) is 0 Å². The highest BCUT2D eigenvalue weighted by Gasteiger charge is 2.22. The van der Waals surface area contributed by atoms with Gasteiger partial charge in [-0.3, -0.25) is 14.2 Å². The number of esters is 2. The third-order valence-electron chi connectivity index (χ3n) is 15.1. The number of allylic oxidation sites excluding steroid dienone is 16. The lowest BCUT2D eigenvalue weighted by atomic mass is 10.0. The van der Waals surface area contributed by atoms with E-state index >= 15 is 0 Å². The van der Waals surface area contributed by atoms with Gasteiger partial charge in [-0.2, -0.15) is 0 Å². The average Bonchev–Trinajstić information content (AvgIpc) is 3.61. The van der Waals surface area contributed by atoms with Crippen LogP contribution in [0.1, 0.15) is 309 Å². The van der Waals surface area contributed by atoms with E-state index < -0.39 is 26.5 Å². The first-order chi connectivity index (χ1) is 41.0. The Morgan fingerprint density at radius 2 is 0.679 bits per heavy atom. The molecule has 9 nitrogen and oxygen atoms in total. The Hall–Kier alpha value is -3.07. The van der Waals surface area contributed by atoms with Gasteiger partial charge in [0.25, 0.3) is 7.82 Å². The fourth-order valence-electron chi connectivity index (χ4n) is 9.79. The molecule has 2 unspecified atom stereocenters. The number of hydrogen-bond donors (Lipinski definition) is 0. The smallest absolute Gasteiger partial charge is 0.306 e. The summed E-state index contributed by atoms with van der Waals surface area (Å²) in [7, 11) is 1.16. The molecule has 0 radical (unpaired) electrons. The number of likely N-dealkylation sites (N-methyl/N-ethyl adjacent to an activating group) is 1. The number of carbonyl (C=O) groups excluding carboxylic acids is 2. The number of ether oxygens (including phenoxy) is 2. The van der Waals surface area contributed by atoms with Crippen LogP contribution in [0.4, 0.5) is 0 Å². The number of quaternary nitrogens is 1. The molecule has 0 aliphatic heterocycles. The molecule has 2 atom stereocenters. The number of phosphoric acid groups is 1. The average molecular weight is 1190 g/mol. The Bertz CT molecular complexity index is 1740. The Balaban J connectivity index is 4.09. The van der Waals surface area contributed by atoms with Crippen molar-refractivity contribution in [2.45, 2.75) is 315 Å². The van der Waals surface area contributed by atoms with Gasteiger partial charge in [0.15, 0.2) is 6.10 Å². The van der Waals surface area contributed by atoms with E-state index in [1.54, 1.807) is 0 Å². The molecule has 0 spiro atoms. The van der Waals surface area contributed by atoms with E-state index in [0.717, 1.165) is 96.3 Å². The van der Waals surface area contributed by atoms with Crippen molar-refractivity contribution in [3.05, 3.63) is 97.2 Å². The summed E-state index contributed by atoms with van der Waals surface area (Å²) < 4.78 is 34.3. The van der Waals surface area contributed by atoms with Gasteiger partial charge in [0.2, 0.25) is 0 Å². The maximum Gasteiger partial charge on any atom is 0.306 e. The lowest BCUT2D eigenvalue weighted by Gasteiger charge is -2.28. The van der Waals surface area contributed by atoms with E-state index in [2.05, 4.69) is 111 Å². The highest BCUT2D eigenvalue weighted by Crippen LogP contribution is 2.38. The molecular formula is C74H132NO8P. The zero-order valence-electron chi connectivity index (χ0n) is 55.3. The number of unbranched alkanes of at least 4 members (excludes halogenated alkanes) is 34. The third kappa shape index (κ3) is 68.0. The van der Waals surface area contributed by atoms with E-state index in [-0.39, 0.29) is 32.0 Å². The van der Waals surface area contributed by atoms with Crippen LogP contribution in [0.2, 0.25) is 0 Å².